The molecule has 6 rings (SSSR count). The van der Waals surface area contributed by atoms with E-state index in [2.05, 4.69) is 54.5 Å². The van der Waals surface area contributed by atoms with Crippen molar-refractivity contribution >= 4 is 11.9 Å². The molecule has 3 N–H and O–H groups in total. The van der Waals surface area contributed by atoms with Crippen LogP contribution in [0.1, 0.15) is 117 Å². The van der Waals surface area contributed by atoms with Crippen molar-refractivity contribution in [2.75, 3.05) is 0 Å². The van der Waals surface area contributed by atoms with Crippen LogP contribution in [0, 0.1) is 50.2 Å². The summed E-state index contributed by atoms with van der Waals surface area (Å²) in [6, 6.07) is 6.12. The Morgan fingerprint density at radius 3 is 2.07 bits per heavy atom. The second-order valence-corrected chi connectivity index (χ2v) is 17.1. The van der Waals surface area contributed by atoms with E-state index >= 15 is 0 Å². The van der Waals surface area contributed by atoms with Crippen molar-refractivity contribution in [1.82, 2.24) is 0 Å². The first kappa shape index (κ1) is 30.7. The fourth-order valence-corrected chi connectivity index (χ4v) is 11.8. The molecule has 5 aliphatic carbocycles. The number of carbonyl (C=O) groups excluding carboxylic acids is 1. The van der Waals surface area contributed by atoms with Crippen molar-refractivity contribution in [3.63, 3.8) is 0 Å². The number of hydrogen-bond acceptors (Lipinski definition) is 5. The number of phenolic OH excluding ortho intramolecular Hbond substituents is 1. The molecule has 1 aromatic carbocycles. The minimum atomic E-state index is -0.682. The first-order chi connectivity index (χ1) is 19.9. The highest BCUT2D eigenvalue weighted by Gasteiger charge is 2.70. The van der Waals surface area contributed by atoms with Crippen LogP contribution < -0.4 is 0 Å². The lowest BCUT2D eigenvalue weighted by atomic mass is 9.34. The lowest BCUT2D eigenvalue weighted by Crippen LogP contribution is -2.67. The van der Waals surface area contributed by atoms with Gasteiger partial charge in [0.05, 0.1) is 17.1 Å². The highest BCUT2D eigenvalue weighted by molar-refractivity contribution is 5.89. The largest absolute Gasteiger partial charge is 0.508 e. The number of aromatic hydroxyl groups is 1. The van der Waals surface area contributed by atoms with Crippen molar-refractivity contribution in [1.29, 1.82) is 0 Å². The number of aliphatic hydroxyl groups excluding tert-OH is 1. The molecule has 1 aromatic rings. The molecule has 0 spiro atoms. The van der Waals surface area contributed by atoms with Crippen molar-refractivity contribution in [3.8, 4) is 5.75 Å². The van der Waals surface area contributed by atoms with Crippen LogP contribution in [0.2, 0.25) is 0 Å². The number of esters is 1. The van der Waals surface area contributed by atoms with Gasteiger partial charge in [0.2, 0.25) is 0 Å². The van der Waals surface area contributed by atoms with Gasteiger partial charge >= 0.3 is 11.9 Å². The first-order valence-corrected chi connectivity index (χ1v) is 16.5. The van der Waals surface area contributed by atoms with Crippen LogP contribution in [0.4, 0.5) is 0 Å². The van der Waals surface area contributed by atoms with Gasteiger partial charge in [0, 0.05) is 17.3 Å². The van der Waals surface area contributed by atoms with Crippen LogP contribution in [-0.4, -0.2) is 39.5 Å². The number of carboxylic acids is 1. The maximum Gasteiger partial charge on any atom is 0.338 e. The van der Waals surface area contributed by atoms with Gasteiger partial charge in [-0.1, -0.05) is 60.1 Å². The van der Waals surface area contributed by atoms with Gasteiger partial charge in [-0.15, -0.1) is 0 Å². The van der Waals surface area contributed by atoms with Gasteiger partial charge in [-0.25, -0.2) is 4.79 Å². The Kier molecular flexibility index (Phi) is 6.83. The summed E-state index contributed by atoms with van der Waals surface area (Å²) >= 11 is 0. The highest BCUT2D eigenvalue weighted by atomic mass is 16.5. The molecule has 236 valence electrons. The molecular weight excluding hydrogens is 540 g/mol. The lowest BCUT2D eigenvalue weighted by molar-refractivity contribution is -0.230. The topological polar surface area (TPSA) is 104 Å². The zero-order valence-corrected chi connectivity index (χ0v) is 27.2. The van der Waals surface area contributed by atoms with Gasteiger partial charge in [0.15, 0.2) is 0 Å². The predicted octanol–water partition coefficient (Wildman–Crippen LogP) is 7.77. The van der Waals surface area contributed by atoms with Crippen LogP contribution in [0.5, 0.6) is 5.75 Å². The van der Waals surface area contributed by atoms with E-state index < -0.39 is 29.6 Å². The van der Waals surface area contributed by atoms with Crippen molar-refractivity contribution in [3.05, 3.63) is 41.5 Å². The maximum absolute atomic E-state index is 13.1. The zero-order chi connectivity index (χ0) is 31.4. The van der Waals surface area contributed by atoms with Crippen molar-refractivity contribution < 1.29 is 29.6 Å². The number of carbonyl (C=O) groups is 2. The van der Waals surface area contributed by atoms with Crippen LogP contribution in [0.3, 0.4) is 0 Å². The molecule has 5 aliphatic rings. The third kappa shape index (κ3) is 4.20. The molecule has 6 heteroatoms. The Bertz CT molecular complexity index is 1340. The molecule has 0 unspecified atom stereocenters. The average Bonchev–Trinajstić information content (AvgIpc) is 2.91. The molecule has 6 nitrogen and oxygen atoms in total. The molecule has 0 bridgehead atoms. The van der Waals surface area contributed by atoms with Gasteiger partial charge < -0.3 is 20.1 Å². The van der Waals surface area contributed by atoms with Crippen molar-refractivity contribution in [2.45, 2.75) is 118 Å². The third-order valence-electron chi connectivity index (χ3n) is 14.2. The number of carboxylic acid groups (broad SMARTS) is 1. The van der Waals surface area contributed by atoms with E-state index in [1.54, 1.807) is 12.1 Å². The van der Waals surface area contributed by atoms with Gasteiger partial charge in [-0.2, -0.15) is 0 Å². The number of benzene rings is 1. The number of aliphatic hydroxyl groups is 1. The molecule has 0 radical (unpaired) electrons. The predicted molar refractivity (Wildman–Crippen MR) is 165 cm³/mol. The van der Waals surface area contributed by atoms with Gasteiger partial charge in [0.25, 0.3) is 0 Å². The number of allylic oxidation sites excluding steroid dienone is 2. The summed E-state index contributed by atoms with van der Waals surface area (Å²) in [5, 5.41) is 32.3. The Morgan fingerprint density at radius 2 is 1.44 bits per heavy atom. The molecule has 0 heterocycles. The lowest BCUT2D eigenvalue weighted by Gasteiger charge is -2.70. The summed E-state index contributed by atoms with van der Waals surface area (Å²) in [6.07, 6.45) is 8.79. The van der Waals surface area contributed by atoms with Crippen LogP contribution in [0.15, 0.2) is 35.9 Å². The summed E-state index contributed by atoms with van der Waals surface area (Å²) in [7, 11) is 0. The quantitative estimate of drug-likeness (QED) is 0.245. The van der Waals surface area contributed by atoms with Crippen LogP contribution in [0.25, 0.3) is 0 Å². The maximum atomic E-state index is 13.1. The molecule has 0 saturated heterocycles. The minimum absolute atomic E-state index is 0.100. The SMILES string of the molecule is CC1(C)CC[C@]2(C(=O)O)CC=C3[C@]4(C)CC[C@H]5C(C)(C)[C@@H](OC(=O)c6ccc(O)cc6)C[C@@H](O)[C@]5(C)[C@H]4CC[C@@]3(C)[C@H]2C1. The smallest absolute Gasteiger partial charge is 0.338 e. The molecule has 9 atom stereocenters. The van der Waals surface area contributed by atoms with Gasteiger partial charge in [0.1, 0.15) is 11.9 Å². The van der Waals surface area contributed by atoms with Gasteiger partial charge in [-0.3, -0.25) is 4.79 Å². The van der Waals surface area contributed by atoms with E-state index in [1.807, 2.05) is 0 Å². The Labute approximate surface area is 257 Å². The molecule has 0 aliphatic heterocycles. The summed E-state index contributed by atoms with van der Waals surface area (Å²) < 4.78 is 6.12. The first-order valence-electron chi connectivity index (χ1n) is 16.5. The van der Waals surface area contributed by atoms with E-state index in [4.69, 9.17) is 4.74 Å². The fourth-order valence-electron chi connectivity index (χ4n) is 11.8. The Hall–Kier alpha value is -2.34. The monoisotopic (exact) mass is 592 g/mol. The molecule has 4 saturated carbocycles. The van der Waals surface area contributed by atoms with E-state index in [0.29, 0.717) is 18.4 Å². The molecule has 0 amide bonds. The fraction of sp³-hybridized carbons (Fsp3) is 0.730. The Balaban J connectivity index is 1.33. The minimum Gasteiger partial charge on any atom is -0.508 e. The molecule has 0 aromatic heterocycles. The number of ether oxygens (including phenoxy) is 1. The number of phenols is 1. The molecule has 43 heavy (non-hydrogen) atoms. The second kappa shape index (κ2) is 9.58. The van der Waals surface area contributed by atoms with E-state index in [1.165, 1.54) is 17.7 Å². The van der Waals surface area contributed by atoms with Crippen LogP contribution >= 0.6 is 0 Å². The molecular formula is C37H52O6. The zero-order valence-electron chi connectivity index (χ0n) is 27.2. The van der Waals surface area contributed by atoms with E-state index in [-0.39, 0.29) is 50.6 Å². The van der Waals surface area contributed by atoms with Crippen molar-refractivity contribution in [2.24, 2.45) is 50.2 Å². The number of rotatable bonds is 3. The highest BCUT2D eigenvalue weighted by Crippen LogP contribution is 2.75. The summed E-state index contributed by atoms with van der Waals surface area (Å²) in [6.45, 7) is 16.1. The summed E-state index contributed by atoms with van der Waals surface area (Å²) in [5.74, 6) is -0.406. The second-order valence-electron chi connectivity index (χ2n) is 17.1. The third-order valence-corrected chi connectivity index (χ3v) is 14.2. The van der Waals surface area contributed by atoms with Crippen LogP contribution in [-0.2, 0) is 9.53 Å². The standard InChI is InChI=1S/C37H52O6/c1-32(2)18-19-37(31(41)42)17-14-25-34(5)15-12-24-33(3,4)29(43-30(40)22-8-10-23(38)11-9-22)20-28(39)36(24,7)26(34)13-16-35(25,6)27(37)21-32/h8-11,14,24,26-29,38-39H,12-13,15-21H2,1-7H3,(H,41,42)/t24-,26-,27+,28+,29-,34-,35+,36-,37+/m0/s1. The average molecular weight is 593 g/mol. The number of aliphatic carboxylic acids is 1. The normalized spacial score (nSPS) is 44.5. The van der Waals surface area contributed by atoms with E-state index in [9.17, 15) is 24.9 Å². The van der Waals surface area contributed by atoms with Gasteiger partial charge in [-0.05, 0) is 110 Å². The number of fused-ring (bicyclic) bond motifs is 7. The summed E-state index contributed by atoms with van der Waals surface area (Å²) in [5.41, 5.74) is 0.333. The van der Waals surface area contributed by atoms with E-state index in [0.717, 1.165) is 44.9 Å². The molecule has 4 fully saturated rings. The number of hydrogen-bond donors (Lipinski definition) is 3. The summed E-state index contributed by atoms with van der Waals surface area (Å²) in [4.78, 5) is 26.1. The Morgan fingerprint density at radius 1 is 0.837 bits per heavy atom.